The van der Waals surface area contributed by atoms with E-state index in [0.717, 1.165) is 12.0 Å². The SMILES string of the molecule is C=C(C)C(=O)O.C=CC=CC.CCC(O)c1ccccc1. The summed E-state index contributed by atoms with van der Waals surface area (Å²) in [6.07, 6.45) is 6.07. The Morgan fingerprint density at radius 1 is 1.33 bits per heavy atom. The van der Waals surface area contributed by atoms with E-state index in [1.807, 2.05) is 56.3 Å². The lowest BCUT2D eigenvalue weighted by atomic mass is 10.1. The zero-order valence-electron chi connectivity index (χ0n) is 13.1. The number of hydrogen-bond donors (Lipinski definition) is 2. The Labute approximate surface area is 128 Å². The molecular formula is C18H26O3. The highest BCUT2D eigenvalue weighted by Crippen LogP contribution is 2.14. The molecule has 1 aromatic rings. The van der Waals surface area contributed by atoms with Crippen LogP contribution in [0.2, 0.25) is 0 Å². The number of aliphatic hydroxyl groups excluding tert-OH is 1. The molecule has 0 aliphatic carbocycles. The van der Waals surface area contributed by atoms with Gasteiger partial charge in [-0.25, -0.2) is 4.79 Å². The summed E-state index contributed by atoms with van der Waals surface area (Å²) in [5.74, 6) is -0.935. The molecule has 1 atom stereocenters. The molecular weight excluding hydrogens is 264 g/mol. The van der Waals surface area contributed by atoms with Crippen LogP contribution in [0.5, 0.6) is 0 Å². The fourth-order valence-electron chi connectivity index (χ4n) is 1.05. The molecule has 0 saturated heterocycles. The highest BCUT2D eigenvalue weighted by Gasteiger charge is 2.00. The summed E-state index contributed by atoms with van der Waals surface area (Å²) in [4.78, 5) is 9.60. The van der Waals surface area contributed by atoms with Crippen LogP contribution in [0.15, 0.2) is 67.3 Å². The minimum absolute atomic E-state index is 0.176. The van der Waals surface area contributed by atoms with Crippen molar-refractivity contribution < 1.29 is 15.0 Å². The second kappa shape index (κ2) is 14.3. The molecule has 0 aliphatic rings. The predicted octanol–water partition coefficient (Wildman–Crippen LogP) is 4.53. The molecule has 0 aromatic heterocycles. The summed E-state index contributed by atoms with van der Waals surface area (Å²) in [5.41, 5.74) is 1.18. The van der Waals surface area contributed by atoms with Crippen molar-refractivity contribution in [2.45, 2.75) is 33.3 Å². The van der Waals surface area contributed by atoms with Crippen molar-refractivity contribution >= 4 is 5.97 Å². The van der Waals surface area contributed by atoms with Gasteiger partial charge in [0.25, 0.3) is 0 Å². The normalized spacial score (nSPS) is 10.5. The van der Waals surface area contributed by atoms with Gasteiger partial charge < -0.3 is 10.2 Å². The van der Waals surface area contributed by atoms with Crippen LogP contribution in [0.4, 0.5) is 0 Å². The van der Waals surface area contributed by atoms with Gasteiger partial charge in [0.2, 0.25) is 0 Å². The zero-order chi connectivity index (χ0) is 16.7. The van der Waals surface area contributed by atoms with E-state index in [-0.39, 0.29) is 11.7 Å². The van der Waals surface area contributed by atoms with Crippen LogP contribution >= 0.6 is 0 Å². The lowest BCUT2D eigenvalue weighted by Crippen LogP contribution is -1.93. The molecule has 21 heavy (non-hydrogen) atoms. The first-order valence-electron chi connectivity index (χ1n) is 6.76. The van der Waals surface area contributed by atoms with Gasteiger partial charge >= 0.3 is 5.97 Å². The van der Waals surface area contributed by atoms with Gasteiger partial charge in [-0.1, -0.05) is 68.6 Å². The van der Waals surface area contributed by atoms with Gasteiger partial charge in [0, 0.05) is 5.57 Å². The van der Waals surface area contributed by atoms with Gasteiger partial charge in [0.1, 0.15) is 0 Å². The van der Waals surface area contributed by atoms with E-state index in [0.29, 0.717) is 0 Å². The lowest BCUT2D eigenvalue weighted by molar-refractivity contribution is -0.132. The van der Waals surface area contributed by atoms with E-state index in [9.17, 15) is 9.90 Å². The summed E-state index contributed by atoms with van der Waals surface area (Å²) in [5, 5.41) is 17.2. The average molecular weight is 290 g/mol. The molecule has 0 heterocycles. The van der Waals surface area contributed by atoms with Crippen molar-refractivity contribution in [1.29, 1.82) is 0 Å². The molecule has 0 radical (unpaired) electrons. The number of hydrogen-bond acceptors (Lipinski definition) is 2. The summed E-state index contributed by atoms with van der Waals surface area (Å²) in [6.45, 7) is 12.0. The molecule has 1 unspecified atom stereocenters. The van der Waals surface area contributed by atoms with E-state index in [4.69, 9.17) is 5.11 Å². The molecule has 1 rings (SSSR count). The molecule has 2 N–H and O–H groups in total. The maximum Gasteiger partial charge on any atom is 0.330 e. The maximum atomic E-state index is 9.60. The Balaban J connectivity index is 0. The third-order valence-corrected chi connectivity index (χ3v) is 2.26. The number of allylic oxidation sites excluding steroid dienone is 3. The fraction of sp³-hybridized carbons (Fsp3) is 0.278. The molecule has 0 spiro atoms. The van der Waals surface area contributed by atoms with Crippen molar-refractivity contribution in [1.82, 2.24) is 0 Å². The molecule has 0 aliphatic heterocycles. The highest BCUT2D eigenvalue weighted by atomic mass is 16.4. The maximum absolute atomic E-state index is 9.60. The number of rotatable bonds is 4. The van der Waals surface area contributed by atoms with Gasteiger partial charge in [-0.05, 0) is 25.8 Å². The number of carboxylic acid groups (broad SMARTS) is 1. The van der Waals surface area contributed by atoms with Crippen molar-refractivity contribution in [3.63, 3.8) is 0 Å². The first-order chi connectivity index (χ1) is 9.90. The first-order valence-corrected chi connectivity index (χ1v) is 6.76. The van der Waals surface area contributed by atoms with Gasteiger partial charge in [-0.3, -0.25) is 0 Å². The zero-order valence-corrected chi connectivity index (χ0v) is 13.1. The van der Waals surface area contributed by atoms with Crippen LogP contribution in [0.1, 0.15) is 38.9 Å². The second-order valence-corrected chi connectivity index (χ2v) is 4.18. The van der Waals surface area contributed by atoms with E-state index < -0.39 is 5.97 Å². The summed E-state index contributed by atoms with van der Waals surface area (Å²) in [6, 6.07) is 9.70. The van der Waals surface area contributed by atoms with Crippen LogP contribution in [-0.4, -0.2) is 16.2 Å². The lowest BCUT2D eigenvalue weighted by Gasteiger charge is -2.05. The van der Waals surface area contributed by atoms with Crippen LogP contribution in [0.25, 0.3) is 0 Å². The first kappa shape index (κ1) is 21.2. The van der Waals surface area contributed by atoms with Crippen LogP contribution in [-0.2, 0) is 4.79 Å². The largest absolute Gasteiger partial charge is 0.478 e. The molecule has 0 amide bonds. The van der Waals surface area contributed by atoms with E-state index in [2.05, 4.69) is 13.2 Å². The van der Waals surface area contributed by atoms with E-state index in [1.54, 1.807) is 6.08 Å². The fourth-order valence-corrected chi connectivity index (χ4v) is 1.05. The van der Waals surface area contributed by atoms with Gasteiger partial charge in [0.05, 0.1) is 6.10 Å². The Morgan fingerprint density at radius 2 is 1.81 bits per heavy atom. The average Bonchev–Trinajstić information content (AvgIpc) is 2.49. The van der Waals surface area contributed by atoms with Gasteiger partial charge in [-0.15, -0.1) is 0 Å². The van der Waals surface area contributed by atoms with Gasteiger partial charge in [-0.2, -0.15) is 0 Å². The van der Waals surface area contributed by atoms with Crippen molar-refractivity contribution in [3.8, 4) is 0 Å². The van der Waals surface area contributed by atoms with Crippen LogP contribution in [0.3, 0.4) is 0 Å². The van der Waals surface area contributed by atoms with Crippen LogP contribution < -0.4 is 0 Å². The Kier molecular flexibility index (Phi) is 14.4. The third-order valence-electron chi connectivity index (χ3n) is 2.26. The second-order valence-electron chi connectivity index (χ2n) is 4.18. The van der Waals surface area contributed by atoms with Gasteiger partial charge in [0.15, 0.2) is 0 Å². The molecule has 1 aromatic carbocycles. The Bertz CT molecular complexity index is 421. The Hall–Kier alpha value is -2.13. The molecule has 0 saturated carbocycles. The quantitative estimate of drug-likeness (QED) is 0.633. The highest BCUT2D eigenvalue weighted by molar-refractivity contribution is 5.84. The minimum atomic E-state index is -0.935. The summed E-state index contributed by atoms with van der Waals surface area (Å²) in [7, 11) is 0. The number of aliphatic hydroxyl groups is 1. The van der Waals surface area contributed by atoms with Crippen molar-refractivity contribution in [3.05, 3.63) is 72.9 Å². The summed E-state index contributed by atoms with van der Waals surface area (Å²) < 4.78 is 0. The Morgan fingerprint density at radius 3 is 2.05 bits per heavy atom. The number of aliphatic carboxylic acids is 1. The molecule has 0 bridgehead atoms. The van der Waals surface area contributed by atoms with Crippen LogP contribution in [0, 0.1) is 0 Å². The number of carbonyl (C=O) groups is 1. The standard InChI is InChI=1S/C9H12O.C5H8.C4H6O2/c1-2-9(10)8-6-4-3-5-7-8;1-3-5-4-2;1-3(2)4(5)6/h3-7,9-10H,2H2,1H3;3-5H,1H2,2H3;1H2,2H3,(H,5,6). The van der Waals surface area contributed by atoms with Crippen molar-refractivity contribution in [2.24, 2.45) is 0 Å². The topological polar surface area (TPSA) is 57.5 Å². The molecule has 0 fully saturated rings. The van der Waals surface area contributed by atoms with E-state index in [1.165, 1.54) is 6.92 Å². The molecule has 116 valence electrons. The van der Waals surface area contributed by atoms with Crippen molar-refractivity contribution in [2.75, 3.05) is 0 Å². The molecule has 3 nitrogen and oxygen atoms in total. The number of benzene rings is 1. The summed E-state index contributed by atoms with van der Waals surface area (Å²) >= 11 is 0. The van der Waals surface area contributed by atoms with E-state index >= 15 is 0 Å². The third kappa shape index (κ3) is 14.1. The molecule has 3 heteroatoms. The predicted molar refractivity (Wildman–Crippen MR) is 89.2 cm³/mol. The monoisotopic (exact) mass is 290 g/mol. The smallest absolute Gasteiger partial charge is 0.330 e. The number of carboxylic acids is 1. The minimum Gasteiger partial charge on any atom is -0.478 e.